The highest BCUT2D eigenvalue weighted by atomic mass is 16.6. The highest BCUT2D eigenvalue weighted by Crippen LogP contribution is 1.98. The Balaban J connectivity index is 4.01. The van der Waals surface area contributed by atoms with Crippen LogP contribution in [-0.2, 0) is 4.79 Å². The van der Waals surface area contributed by atoms with Gasteiger partial charge in [-0.15, -0.1) is 0 Å². The summed E-state index contributed by atoms with van der Waals surface area (Å²) in [4.78, 5) is 20.3. The Morgan fingerprint density at radius 1 is 1.75 bits per heavy atom. The summed E-state index contributed by atoms with van der Waals surface area (Å²) in [6, 6.07) is -1.09. The molecule has 0 saturated heterocycles. The molecule has 0 bridgehead atoms. The first-order chi connectivity index (χ1) is 5.49. The Bertz CT molecular complexity index is 213. The molecule has 5 nitrogen and oxygen atoms in total. The molecule has 1 unspecified atom stereocenters. The van der Waals surface area contributed by atoms with Crippen molar-refractivity contribution in [1.82, 2.24) is 0 Å². The minimum atomic E-state index is -1.09. The molecule has 67 valence electrons. The molecular weight excluding hydrogens is 160 g/mol. The van der Waals surface area contributed by atoms with E-state index in [4.69, 9.17) is 5.41 Å². The lowest BCUT2D eigenvalue weighted by atomic mass is 10.1. The first-order valence-corrected chi connectivity index (χ1v) is 3.56. The maximum Gasteiger partial charge on any atom is 0.219 e. The second kappa shape index (κ2) is 4.58. The summed E-state index contributed by atoms with van der Waals surface area (Å²) in [6.45, 7) is 4.81. The lowest BCUT2D eigenvalue weighted by Gasteiger charge is -2.02. The number of nitro groups is 1. The summed E-state index contributed by atoms with van der Waals surface area (Å²) in [5, 5.41) is 17.2. The molecule has 0 aromatic carbocycles. The smallest absolute Gasteiger partial charge is 0.219 e. The molecule has 5 heteroatoms. The number of ketones is 1. The Morgan fingerprint density at radius 2 is 2.25 bits per heavy atom. The summed E-state index contributed by atoms with van der Waals surface area (Å²) in [6.07, 6.45) is 0.0307. The van der Waals surface area contributed by atoms with Gasteiger partial charge in [-0.05, 0) is 0 Å². The number of carbonyl (C=O) groups is 1. The van der Waals surface area contributed by atoms with Crippen LogP contribution < -0.4 is 0 Å². The second-order valence-electron chi connectivity index (χ2n) is 2.40. The number of Topliss-reactive ketones (excluding diaryl/α,β-unsaturated/α-hetero) is 1. The van der Waals surface area contributed by atoms with Crippen molar-refractivity contribution in [2.24, 2.45) is 0 Å². The van der Waals surface area contributed by atoms with E-state index in [2.05, 4.69) is 6.92 Å². The van der Waals surface area contributed by atoms with Crippen molar-refractivity contribution in [1.29, 1.82) is 5.41 Å². The van der Waals surface area contributed by atoms with Gasteiger partial charge in [0, 0.05) is 18.3 Å². The highest BCUT2D eigenvalue weighted by Gasteiger charge is 2.18. The molecule has 0 aliphatic rings. The summed E-state index contributed by atoms with van der Waals surface area (Å²) < 4.78 is 0. The van der Waals surface area contributed by atoms with Gasteiger partial charge in [0.05, 0.1) is 12.1 Å². The summed E-state index contributed by atoms with van der Waals surface area (Å²) in [5.74, 6) is -0.356. The molecule has 1 radical (unpaired) electrons. The molecule has 0 spiro atoms. The minimum absolute atomic E-state index is 0.181. The molecule has 1 atom stereocenters. The van der Waals surface area contributed by atoms with Gasteiger partial charge in [-0.25, -0.2) is 0 Å². The molecule has 0 aromatic heterocycles. The standard InChI is InChI=1S/C7H11N2O3/c1-3-7(10)6(8)4-5(2)9(11)12/h5,8H,2-4H2,1H3. The highest BCUT2D eigenvalue weighted by molar-refractivity contribution is 6.38. The normalized spacial score (nSPS) is 12.2. The fourth-order valence-electron chi connectivity index (χ4n) is 0.637. The van der Waals surface area contributed by atoms with Crippen molar-refractivity contribution in [2.45, 2.75) is 25.8 Å². The number of hydrogen-bond acceptors (Lipinski definition) is 4. The van der Waals surface area contributed by atoms with Crippen LogP contribution in [0, 0.1) is 22.4 Å². The van der Waals surface area contributed by atoms with Gasteiger partial charge in [0.1, 0.15) is 0 Å². The second-order valence-corrected chi connectivity index (χ2v) is 2.40. The van der Waals surface area contributed by atoms with Gasteiger partial charge < -0.3 is 5.41 Å². The molecule has 0 saturated carbocycles. The summed E-state index contributed by atoms with van der Waals surface area (Å²) >= 11 is 0. The third kappa shape index (κ3) is 3.23. The van der Waals surface area contributed by atoms with Gasteiger partial charge in [-0.3, -0.25) is 14.9 Å². The fraction of sp³-hybridized carbons (Fsp3) is 0.571. The van der Waals surface area contributed by atoms with Crippen molar-refractivity contribution in [3.63, 3.8) is 0 Å². The zero-order chi connectivity index (χ0) is 9.72. The molecule has 1 N–H and O–H groups in total. The van der Waals surface area contributed by atoms with E-state index >= 15 is 0 Å². The van der Waals surface area contributed by atoms with E-state index in [-0.39, 0.29) is 24.3 Å². The van der Waals surface area contributed by atoms with Gasteiger partial charge in [0.15, 0.2) is 5.78 Å². The molecule has 0 heterocycles. The third-order valence-corrected chi connectivity index (χ3v) is 1.40. The molecule has 0 rings (SSSR count). The van der Waals surface area contributed by atoms with Gasteiger partial charge in [-0.1, -0.05) is 6.92 Å². The monoisotopic (exact) mass is 171 g/mol. The van der Waals surface area contributed by atoms with Gasteiger partial charge >= 0.3 is 0 Å². The van der Waals surface area contributed by atoms with Crippen molar-refractivity contribution in [3.8, 4) is 0 Å². The fourth-order valence-corrected chi connectivity index (χ4v) is 0.637. The largest absolute Gasteiger partial charge is 0.301 e. The van der Waals surface area contributed by atoms with Crippen LogP contribution in [0.5, 0.6) is 0 Å². The minimum Gasteiger partial charge on any atom is -0.301 e. The van der Waals surface area contributed by atoms with Crippen LogP contribution in [-0.4, -0.2) is 22.5 Å². The van der Waals surface area contributed by atoms with Gasteiger partial charge in [0.25, 0.3) is 0 Å². The molecule has 0 fully saturated rings. The Morgan fingerprint density at radius 3 is 2.58 bits per heavy atom. The first-order valence-electron chi connectivity index (χ1n) is 3.56. The maximum atomic E-state index is 10.8. The van der Waals surface area contributed by atoms with Crippen LogP contribution in [0.2, 0.25) is 0 Å². The quantitative estimate of drug-likeness (QED) is 0.378. The van der Waals surface area contributed by atoms with E-state index in [1.807, 2.05) is 0 Å². The van der Waals surface area contributed by atoms with E-state index in [1.54, 1.807) is 6.92 Å². The van der Waals surface area contributed by atoms with E-state index in [0.29, 0.717) is 0 Å². The van der Waals surface area contributed by atoms with Crippen molar-refractivity contribution >= 4 is 11.5 Å². The molecule has 0 aromatic rings. The average Bonchev–Trinajstić information content (AvgIpc) is 2.02. The Labute approximate surface area is 70.4 Å². The van der Waals surface area contributed by atoms with Crippen molar-refractivity contribution in [3.05, 3.63) is 17.0 Å². The first kappa shape index (κ1) is 10.7. The lowest BCUT2D eigenvalue weighted by Crippen LogP contribution is -2.23. The molecule has 0 aliphatic heterocycles. The predicted octanol–water partition coefficient (Wildman–Crippen LogP) is 0.855. The Kier molecular flexibility index (Phi) is 4.10. The zero-order valence-corrected chi connectivity index (χ0v) is 6.87. The zero-order valence-electron chi connectivity index (χ0n) is 6.87. The molecule has 0 amide bonds. The van der Waals surface area contributed by atoms with Crippen molar-refractivity contribution < 1.29 is 9.72 Å². The number of hydrogen-bond donors (Lipinski definition) is 1. The van der Waals surface area contributed by atoms with Crippen LogP contribution in [0.3, 0.4) is 0 Å². The van der Waals surface area contributed by atoms with Crippen LogP contribution in [0.4, 0.5) is 0 Å². The molecule has 12 heavy (non-hydrogen) atoms. The molecular formula is C7H11N2O3. The third-order valence-electron chi connectivity index (χ3n) is 1.40. The summed E-state index contributed by atoms with van der Waals surface area (Å²) in [7, 11) is 0. The van der Waals surface area contributed by atoms with Crippen LogP contribution in [0.15, 0.2) is 0 Å². The van der Waals surface area contributed by atoms with E-state index in [9.17, 15) is 14.9 Å². The van der Waals surface area contributed by atoms with Crippen molar-refractivity contribution in [2.75, 3.05) is 0 Å². The van der Waals surface area contributed by atoms with Gasteiger partial charge in [-0.2, -0.15) is 0 Å². The average molecular weight is 171 g/mol. The summed E-state index contributed by atoms with van der Waals surface area (Å²) in [5.41, 5.74) is -0.214. The van der Waals surface area contributed by atoms with E-state index in [1.165, 1.54) is 0 Å². The topological polar surface area (TPSA) is 84.1 Å². The van der Waals surface area contributed by atoms with Gasteiger partial charge in [0.2, 0.25) is 6.04 Å². The number of rotatable bonds is 5. The Hall–Kier alpha value is -1.26. The molecule has 0 aliphatic carbocycles. The van der Waals surface area contributed by atoms with Crippen LogP contribution in [0.1, 0.15) is 19.8 Å². The number of nitrogens with zero attached hydrogens (tertiary/aromatic N) is 1. The maximum absolute atomic E-state index is 10.8. The number of nitrogens with one attached hydrogen (secondary N) is 1. The SMILES string of the molecule is [CH2]C(CC(=N)C(=O)CC)[N+](=O)[O-]. The van der Waals surface area contributed by atoms with Crippen LogP contribution in [0.25, 0.3) is 0 Å². The number of carbonyl (C=O) groups excluding carboxylic acids is 1. The van der Waals surface area contributed by atoms with E-state index < -0.39 is 11.0 Å². The predicted molar refractivity (Wildman–Crippen MR) is 43.8 cm³/mol. The lowest BCUT2D eigenvalue weighted by molar-refractivity contribution is -0.508. The van der Waals surface area contributed by atoms with E-state index in [0.717, 1.165) is 0 Å². The van der Waals surface area contributed by atoms with Crippen LogP contribution >= 0.6 is 0 Å².